The molecule has 152 valence electrons. The summed E-state index contributed by atoms with van der Waals surface area (Å²) < 4.78 is 42.9. The number of carbonyl (C=O) groups is 1. The van der Waals surface area contributed by atoms with Gasteiger partial charge in [0.1, 0.15) is 18.3 Å². The van der Waals surface area contributed by atoms with Crippen molar-refractivity contribution in [3.05, 3.63) is 77.5 Å². The number of carbonyl (C=O) groups excluding carboxylic acids is 1. The van der Waals surface area contributed by atoms with E-state index in [1.165, 1.54) is 44.1 Å². The summed E-state index contributed by atoms with van der Waals surface area (Å²) in [6.45, 7) is -0.850. The van der Waals surface area contributed by atoms with Crippen molar-refractivity contribution < 1.29 is 18.0 Å². The van der Waals surface area contributed by atoms with Crippen LogP contribution in [0.2, 0.25) is 0 Å². The molecule has 0 fully saturated rings. The van der Waals surface area contributed by atoms with Gasteiger partial charge in [-0.3, -0.25) is 24.6 Å². The average molecular weight is 412 g/mol. The number of aliphatic imine (C=N–C) groups is 1. The maximum atomic E-state index is 15.1. The lowest BCUT2D eigenvalue weighted by atomic mass is 9.82. The number of guanidine groups is 1. The van der Waals surface area contributed by atoms with Crippen LogP contribution in [0.1, 0.15) is 16.7 Å². The normalized spacial score (nSPS) is 18.6. The van der Waals surface area contributed by atoms with Crippen LogP contribution in [0.25, 0.3) is 11.3 Å². The highest BCUT2D eigenvalue weighted by Gasteiger charge is 2.51. The minimum atomic E-state index is -1.99. The third-order valence-electron chi connectivity index (χ3n) is 4.89. The summed E-state index contributed by atoms with van der Waals surface area (Å²) in [6, 6.07) is 3.14. The van der Waals surface area contributed by atoms with Gasteiger partial charge in [0.15, 0.2) is 11.5 Å². The number of pyridine rings is 1. The van der Waals surface area contributed by atoms with E-state index in [-0.39, 0.29) is 33.9 Å². The average Bonchev–Trinajstić information content (AvgIpc) is 2.99. The second kappa shape index (κ2) is 7.21. The molecule has 1 aliphatic heterocycles. The Hall–Kier alpha value is -3.82. The van der Waals surface area contributed by atoms with E-state index in [1.54, 1.807) is 0 Å². The van der Waals surface area contributed by atoms with Crippen LogP contribution in [0.15, 0.2) is 54.2 Å². The Morgan fingerprint density at radius 2 is 1.87 bits per heavy atom. The minimum absolute atomic E-state index is 0.0791. The molecule has 1 amide bonds. The second-order valence-electron chi connectivity index (χ2n) is 6.66. The maximum Gasteiger partial charge on any atom is 0.266 e. The first-order valence-corrected chi connectivity index (χ1v) is 8.78. The maximum absolute atomic E-state index is 15.1. The zero-order valence-corrected chi connectivity index (χ0v) is 15.7. The summed E-state index contributed by atoms with van der Waals surface area (Å²) in [5.41, 5.74) is 3.93. The monoisotopic (exact) mass is 412 g/mol. The van der Waals surface area contributed by atoms with Gasteiger partial charge in [-0.15, -0.1) is 0 Å². The van der Waals surface area contributed by atoms with Crippen molar-refractivity contribution in [1.29, 1.82) is 0 Å². The molecule has 4 rings (SSSR count). The van der Waals surface area contributed by atoms with Crippen molar-refractivity contribution in [2.75, 3.05) is 7.05 Å². The Kier molecular flexibility index (Phi) is 4.69. The molecule has 1 unspecified atom stereocenters. The van der Waals surface area contributed by atoms with E-state index < -0.39 is 29.8 Å². The Labute approximate surface area is 169 Å². The van der Waals surface area contributed by atoms with Gasteiger partial charge in [0.25, 0.3) is 5.91 Å². The second-order valence-corrected chi connectivity index (χ2v) is 6.66. The number of nitrogens with zero attached hydrogens (tertiary/aromatic N) is 5. The molecule has 3 heterocycles. The predicted molar refractivity (Wildman–Crippen MR) is 102 cm³/mol. The van der Waals surface area contributed by atoms with E-state index >= 15 is 4.39 Å². The molecule has 2 aromatic heterocycles. The summed E-state index contributed by atoms with van der Waals surface area (Å²) in [5.74, 6) is -2.77. The molecule has 0 aliphatic carbocycles. The van der Waals surface area contributed by atoms with Crippen molar-refractivity contribution in [2.45, 2.75) is 12.2 Å². The number of likely N-dealkylation sites (N-methyl/N-ethyl adjacent to an activating group) is 1. The van der Waals surface area contributed by atoms with Crippen LogP contribution in [-0.2, 0) is 17.0 Å². The molecule has 0 radical (unpaired) electrons. The van der Waals surface area contributed by atoms with E-state index in [0.717, 1.165) is 11.0 Å². The fraction of sp³-hybridized carbons (Fsp3) is 0.150. The molecule has 30 heavy (non-hydrogen) atoms. The number of rotatable bonds is 4. The van der Waals surface area contributed by atoms with Crippen LogP contribution in [-0.4, -0.2) is 38.8 Å². The van der Waals surface area contributed by atoms with Gasteiger partial charge in [-0.1, -0.05) is 0 Å². The van der Waals surface area contributed by atoms with Crippen molar-refractivity contribution in [2.24, 2.45) is 10.7 Å². The smallest absolute Gasteiger partial charge is 0.266 e. The van der Waals surface area contributed by atoms with E-state index in [9.17, 15) is 13.6 Å². The van der Waals surface area contributed by atoms with Gasteiger partial charge in [0, 0.05) is 60.2 Å². The third-order valence-corrected chi connectivity index (χ3v) is 4.89. The van der Waals surface area contributed by atoms with Crippen LogP contribution >= 0.6 is 0 Å². The summed E-state index contributed by atoms with van der Waals surface area (Å²) in [6.07, 6.45) is 6.62. The Morgan fingerprint density at radius 1 is 1.07 bits per heavy atom. The number of aromatic nitrogens is 3. The lowest BCUT2D eigenvalue weighted by molar-refractivity contribution is -0.129. The van der Waals surface area contributed by atoms with Crippen LogP contribution in [0, 0.1) is 11.6 Å². The Bertz CT molecular complexity index is 1170. The standard InChI is InChI=1S/C20H15F3N6O/c1-29-18(30)20(28-19(29)24,12-4-11(7-21)8-26-9-12)14-5-13(15(22)6-16(14)23)17-10-25-2-3-27-17/h2-6,8-10H,7H2,1H3,(H2,24,28). The van der Waals surface area contributed by atoms with E-state index in [1.807, 2.05) is 0 Å². The molecule has 0 spiro atoms. The number of hydrogen-bond donors (Lipinski definition) is 1. The minimum Gasteiger partial charge on any atom is -0.369 e. The van der Waals surface area contributed by atoms with Gasteiger partial charge >= 0.3 is 0 Å². The molecule has 0 saturated carbocycles. The van der Waals surface area contributed by atoms with Crippen LogP contribution in [0.5, 0.6) is 0 Å². The summed E-state index contributed by atoms with van der Waals surface area (Å²) in [4.78, 5) is 30.4. The van der Waals surface area contributed by atoms with Crippen LogP contribution in [0.4, 0.5) is 13.2 Å². The van der Waals surface area contributed by atoms with Crippen molar-refractivity contribution in [3.8, 4) is 11.3 Å². The fourth-order valence-electron chi connectivity index (χ4n) is 3.38. The van der Waals surface area contributed by atoms with E-state index in [4.69, 9.17) is 5.73 Å². The zero-order valence-electron chi connectivity index (χ0n) is 15.7. The number of amides is 1. The Balaban J connectivity index is 2.03. The lowest BCUT2D eigenvalue weighted by Gasteiger charge is -2.27. The molecule has 1 aromatic carbocycles. The quantitative estimate of drug-likeness (QED) is 0.709. The predicted octanol–water partition coefficient (Wildman–Crippen LogP) is 2.32. The summed E-state index contributed by atoms with van der Waals surface area (Å²) >= 11 is 0. The first kappa shape index (κ1) is 19.5. The van der Waals surface area contributed by atoms with Crippen molar-refractivity contribution >= 4 is 11.9 Å². The molecular formula is C20H15F3N6O. The molecule has 3 aromatic rings. The van der Waals surface area contributed by atoms with Gasteiger partial charge in [0.2, 0.25) is 0 Å². The topological polar surface area (TPSA) is 97.4 Å². The number of hydrogen-bond acceptors (Lipinski definition) is 6. The first-order valence-electron chi connectivity index (χ1n) is 8.78. The zero-order chi connectivity index (χ0) is 21.5. The van der Waals surface area contributed by atoms with Gasteiger partial charge < -0.3 is 5.73 Å². The molecule has 2 N–H and O–H groups in total. The lowest BCUT2D eigenvalue weighted by Crippen LogP contribution is -2.41. The Morgan fingerprint density at radius 3 is 2.50 bits per heavy atom. The van der Waals surface area contributed by atoms with Gasteiger partial charge in [0.05, 0.1) is 11.9 Å². The van der Waals surface area contributed by atoms with Crippen LogP contribution in [0.3, 0.4) is 0 Å². The number of benzene rings is 1. The molecule has 0 bridgehead atoms. The van der Waals surface area contributed by atoms with Crippen molar-refractivity contribution in [1.82, 2.24) is 19.9 Å². The highest BCUT2D eigenvalue weighted by molar-refractivity contribution is 6.09. The van der Waals surface area contributed by atoms with Gasteiger partial charge in [-0.2, -0.15) is 0 Å². The molecular weight excluding hydrogens is 397 g/mol. The SMILES string of the molecule is CN1C(=O)C(c2cncc(CF)c2)(c2cc(-c3cnccn3)c(F)cc2F)N=C1N. The molecule has 1 atom stereocenters. The van der Waals surface area contributed by atoms with Gasteiger partial charge in [-0.05, 0) is 12.1 Å². The highest BCUT2D eigenvalue weighted by Crippen LogP contribution is 2.42. The molecule has 0 saturated heterocycles. The van der Waals surface area contributed by atoms with E-state index in [2.05, 4.69) is 19.9 Å². The summed E-state index contributed by atoms with van der Waals surface area (Å²) in [7, 11) is 1.38. The van der Waals surface area contributed by atoms with E-state index in [0.29, 0.717) is 6.07 Å². The molecule has 10 heteroatoms. The first-order chi connectivity index (χ1) is 14.4. The van der Waals surface area contributed by atoms with Crippen molar-refractivity contribution in [3.63, 3.8) is 0 Å². The largest absolute Gasteiger partial charge is 0.369 e. The highest BCUT2D eigenvalue weighted by atomic mass is 19.1. The number of nitrogens with two attached hydrogens (primary N) is 1. The summed E-state index contributed by atoms with van der Waals surface area (Å²) in [5, 5.41) is 0. The van der Waals surface area contributed by atoms with Crippen LogP contribution < -0.4 is 5.73 Å². The number of halogens is 3. The van der Waals surface area contributed by atoms with Gasteiger partial charge in [-0.25, -0.2) is 18.2 Å². The molecule has 7 nitrogen and oxygen atoms in total. The number of alkyl halides is 1. The third kappa shape index (κ3) is 2.88. The molecule has 1 aliphatic rings. The fourth-order valence-corrected chi connectivity index (χ4v) is 3.38.